The van der Waals surface area contributed by atoms with Crippen molar-refractivity contribution < 1.29 is 27.1 Å². The van der Waals surface area contributed by atoms with Crippen molar-refractivity contribution >= 4 is 0 Å². The van der Waals surface area contributed by atoms with Gasteiger partial charge in [0.25, 0.3) is 0 Å². The van der Waals surface area contributed by atoms with Gasteiger partial charge in [0, 0.05) is 6.92 Å². The molecule has 2 N–H and O–H groups in total. The van der Waals surface area contributed by atoms with Gasteiger partial charge in [0.15, 0.2) is 6.23 Å². The lowest BCUT2D eigenvalue weighted by molar-refractivity contribution is -0.930. The van der Waals surface area contributed by atoms with E-state index in [2.05, 4.69) is 27.6 Å². The molecule has 1 rings (SSSR count). The molecule has 19 heavy (non-hydrogen) atoms. The summed E-state index contributed by atoms with van der Waals surface area (Å²) in [4.78, 5) is 0. The van der Waals surface area contributed by atoms with Crippen LogP contribution in [0.2, 0.25) is 0 Å². The van der Waals surface area contributed by atoms with Gasteiger partial charge in [-0.1, -0.05) is 43.0 Å². The molecule has 1 atom stereocenters. The zero-order valence-corrected chi connectivity index (χ0v) is 13.2. The molecule has 3 nitrogen and oxygen atoms in total. The number of hydrogen-bond acceptors (Lipinski definition) is 1. The number of likely N-dealkylation sites (N-methyl/N-ethyl adjacent to an activating group) is 1. The fourth-order valence-corrected chi connectivity index (χ4v) is 1.31. The Labute approximate surface area is 124 Å². The highest BCUT2D eigenvalue weighted by Gasteiger charge is 2.21. The van der Waals surface area contributed by atoms with E-state index in [9.17, 15) is 0 Å². The second-order valence-corrected chi connectivity index (χ2v) is 4.46. The van der Waals surface area contributed by atoms with Gasteiger partial charge in [-0.2, -0.15) is 0 Å². The largest absolute Gasteiger partial charge is 1.00 e. The van der Waals surface area contributed by atoms with Gasteiger partial charge in [0.05, 0.1) is 27.2 Å². The maximum Gasteiger partial charge on any atom is 0.190 e. The average molecular weight is 290 g/mol. The van der Waals surface area contributed by atoms with E-state index in [1.807, 2.05) is 49.4 Å². The van der Waals surface area contributed by atoms with Crippen LogP contribution in [0.5, 0.6) is 0 Å². The van der Waals surface area contributed by atoms with Gasteiger partial charge in [0.2, 0.25) is 0 Å². The summed E-state index contributed by atoms with van der Waals surface area (Å²) in [5.41, 5.74) is 0. The van der Waals surface area contributed by atoms with Crippen LogP contribution in [0.3, 0.4) is 0 Å². The Kier molecular flexibility index (Phi) is 16.6. The second-order valence-electron chi connectivity index (χ2n) is 4.46. The summed E-state index contributed by atoms with van der Waals surface area (Å²) in [5.74, 6) is 0. The van der Waals surface area contributed by atoms with Crippen molar-refractivity contribution in [3.05, 3.63) is 49.1 Å². The van der Waals surface area contributed by atoms with Gasteiger partial charge in [-0.25, -0.2) is 0 Å². The minimum absolute atomic E-state index is 0. The predicted octanol–water partition coefficient (Wildman–Crippen LogP) is -0.503. The van der Waals surface area contributed by atoms with Crippen LogP contribution in [0.15, 0.2) is 49.1 Å². The van der Waals surface area contributed by atoms with Crippen LogP contribution in [-0.2, 0) is 4.74 Å². The van der Waals surface area contributed by atoms with Crippen LogP contribution < -0.4 is 12.4 Å². The van der Waals surface area contributed by atoms with Crippen molar-refractivity contribution in [3.8, 4) is 0 Å². The Balaban J connectivity index is -0.000000274. The van der Waals surface area contributed by atoms with E-state index in [4.69, 9.17) is 4.74 Å². The predicted molar refractivity (Wildman–Crippen MR) is 78.3 cm³/mol. The van der Waals surface area contributed by atoms with E-state index in [1.54, 1.807) is 0 Å². The van der Waals surface area contributed by atoms with Gasteiger partial charge in [-0.3, -0.25) is 0 Å². The van der Waals surface area contributed by atoms with Crippen molar-refractivity contribution in [3.63, 3.8) is 0 Å². The molecule has 0 saturated carbocycles. The SMILES string of the molecule is C=CC[N+](C)(C)C(C)OCC.O.[Cl-].c1ccccc1. The first-order valence-electron chi connectivity index (χ1n) is 6.09. The summed E-state index contributed by atoms with van der Waals surface area (Å²) in [6.45, 7) is 9.55. The maximum atomic E-state index is 5.48. The molecule has 0 saturated heterocycles. The number of quaternary nitrogens is 1. The molecule has 0 aromatic heterocycles. The molecular weight excluding hydrogens is 262 g/mol. The van der Waals surface area contributed by atoms with Crippen LogP contribution in [0.25, 0.3) is 0 Å². The van der Waals surface area contributed by atoms with Gasteiger partial charge in [0.1, 0.15) is 0 Å². The molecule has 0 radical (unpaired) electrons. The number of hydrogen-bond donors (Lipinski definition) is 0. The Morgan fingerprint density at radius 2 is 1.47 bits per heavy atom. The molecule has 0 fully saturated rings. The molecule has 0 aliphatic heterocycles. The number of ether oxygens (including phenoxy) is 1. The standard InChI is InChI=1S/C9H20NO.C6H6.ClH.H2O/c1-6-8-10(4,5)9(3)11-7-2;1-2-4-6-5-3-1;;/h6,9H,1,7-8H2,2-5H3;1-6H;1H;1H2/q+1;;;/p-1. The highest BCUT2D eigenvalue weighted by molar-refractivity contribution is 4.99. The Morgan fingerprint density at radius 3 is 1.74 bits per heavy atom. The van der Waals surface area contributed by atoms with Crippen molar-refractivity contribution in [2.75, 3.05) is 27.2 Å². The Hall–Kier alpha value is -0.870. The topological polar surface area (TPSA) is 40.7 Å². The maximum absolute atomic E-state index is 5.48. The van der Waals surface area contributed by atoms with E-state index >= 15 is 0 Å². The summed E-state index contributed by atoms with van der Waals surface area (Å²) in [6, 6.07) is 12.0. The number of halogens is 1. The molecule has 0 aliphatic rings. The molecule has 0 heterocycles. The molecule has 0 amide bonds. The van der Waals surface area contributed by atoms with Crippen LogP contribution >= 0.6 is 0 Å². The minimum atomic E-state index is 0. The molecule has 4 heteroatoms. The molecule has 1 unspecified atom stereocenters. The minimum Gasteiger partial charge on any atom is -1.00 e. The molecule has 0 bridgehead atoms. The molecule has 112 valence electrons. The first-order valence-corrected chi connectivity index (χ1v) is 6.09. The fraction of sp³-hybridized carbons (Fsp3) is 0.467. The highest BCUT2D eigenvalue weighted by Crippen LogP contribution is 2.06. The molecule has 0 aliphatic carbocycles. The summed E-state index contributed by atoms with van der Waals surface area (Å²) in [6.07, 6.45) is 2.17. The number of nitrogens with zero attached hydrogens (tertiary/aromatic N) is 1. The van der Waals surface area contributed by atoms with E-state index < -0.39 is 0 Å². The zero-order chi connectivity index (χ0) is 13.1. The number of rotatable bonds is 5. The van der Waals surface area contributed by atoms with E-state index in [1.165, 1.54) is 0 Å². The van der Waals surface area contributed by atoms with Crippen LogP contribution in [0, 0.1) is 0 Å². The first kappa shape index (κ1) is 23.2. The van der Waals surface area contributed by atoms with Crippen LogP contribution in [-0.4, -0.2) is 43.4 Å². The van der Waals surface area contributed by atoms with Crippen molar-refractivity contribution in [1.82, 2.24) is 0 Å². The smallest absolute Gasteiger partial charge is 0.190 e. The average Bonchev–Trinajstić information content (AvgIpc) is 2.32. The zero-order valence-electron chi connectivity index (χ0n) is 12.5. The lowest BCUT2D eigenvalue weighted by Gasteiger charge is -2.34. The second kappa shape index (κ2) is 13.6. The molecular formula is C15H28ClNO2. The van der Waals surface area contributed by atoms with E-state index in [-0.39, 0.29) is 24.1 Å². The quantitative estimate of drug-likeness (QED) is 0.409. The fourth-order valence-electron chi connectivity index (χ4n) is 1.31. The number of benzene rings is 1. The van der Waals surface area contributed by atoms with E-state index in [0.29, 0.717) is 0 Å². The lowest BCUT2D eigenvalue weighted by Crippen LogP contribution is -3.00. The van der Waals surface area contributed by atoms with Gasteiger partial charge >= 0.3 is 0 Å². The van der Waals surface area contributed by atoms with Crippen LogP contribution in [0.4, 0.5) is 0 Å². The van der Waals surface area contributed by atoms with Gasteiger partial charge in [-0.15, -0.1) is 0 Å². The third-order valence-electron chi connectivity index (χ3n) is 2.66. The summed E-state index contributed by atoms with van der Waals surface area (Å²) in [7, 11) is 4.28. The third kappa shape index (κ3) is 11.9. The molecule has 1 aromatic carbocycles. The molecule has 0 spiro atoms. The Morgan fingerprint density at radius 1 is 1.11 bits per heavy atom. The molecule has 1 aromatic rings. The summed E-state index contributed by atoms with van der Waals surface area (Å²) >= 11 is 0. The van der Waals surface area contributed by atoms with Crippen molar-refractivity contribution in [2.24, 2.45) is 0 Å². The van der Waals surface area contributed by atoms with Gasteiger partial charge < -0.3 is 27.1 Å². The highest BCUT2D eigenvalue weighted by atomic mass is 35.5. The summed E-state index contributed by atoms with van der Waals surface area (Å²) < 4.78 is 6.33. The van der Waals surface area contributed by atoms with E-state index in [0.717, 1.165) is 17.6 Å². The van der Waals surface area contributed by atoms with Crippen molar-refractivity contribution in [1.29, 1.82) is 0 Å². The van der Waals surface area contributed by atoms with Gasteiger partial charge in [-0.05, 0) is 13.0 Å². The lowest BCUT2D eigenvalue weighted by atomic mass is 10.4. The normalized spacial score (nSPS) is 10.9. The van der Waals surface area contributed by atoms with Crippen molar-refractivity contribution in [2.45, 2.75) is 20.1 Å². The van der Waals surface area contributed by atoms with Crippen LogP contribution in [0.1, 0.15) is 13.8 Å². The first-order chi connectivity index (χ1) is 8.04. The summed E-state index contributed by atoms with van der Waals surface area (Å²) in [5, 5.41) is 0. The third-order valence-corrected chi connectivity index (χ3v) is 2.66. The Bertz CT molecular complexity index is 265. The monoisotopic (exact) mass is 289 g/mol.